The molecule has 1 aromatic rings. The molecule has 0 fully saturated rings. The Labute approximate surface area is 83.2 Å². The molecule has 3 nitrogen and oxygen atoms in total. The highest BCUT2D eigenvalue weighted by Crippen LogP contribution is 2.30. The molecule has 4 heteroatoms. The standard InChI is InChI=1S/C9H13NO2S/c1-11-7-4-9(13)8(12-2)3-6(7)5-10/h3-4,13H,5,10H2,1-2H3. The van der Waals surface area contributed by atoms with E-state index in [2.05, 4.69) is 12.6 Å². The number of hydrogen-bond donors (Lipinski definition) is 2. The summed E-state index contributed by atoms with van der Waals surface area (Å²) in [5.41, 5.74) is 6.45. The average Bonchev–Trinajstić information content (AvgIpc) is 2.17. The highest BCUT2D eigenvalue weighted by Gasteiger charge is 2.06. The number of hydrogen-bond acceptors (Lipinski definition) is 4. The van der Waals surface area contributed by atoms with Crippen LogP contribution in [0, 0.1) is 0 Å². The lowest BCUT2D eigenvalue weighted by atomic mass is 10.2. The first-order chi connectivity index (χ1) is 6.22. The first kappa shape index (κ1) is 10.2. The summed E-state index contributed by atoms with van der Waals surface area (Å²) < 4.78 is 10.2. The van der Waals surface area contributed by atoms with E-state index in [9.17, 15) is 0 Å². The molecule has 0 unspecified atom stereocenters. The van der Waals surface area contributed by atoms with Crippen LogP contribution >= 0.6 is 12.6 Å². The molecule has 0 aliphatic rings. The first-order valence-electron chi connectivity index (χ1n) is 3.86. The zero-order valence-electron chi connectivity index (χ0n) is 7.70. The summed E-state index contributed by atoms with van der Waals surface area (Å²) in [6.07, 6.45) is 0. The Morgan fingerprint density at radius 3 is 2.31 bits per heavy atom. The fourth-order valence-electron chi connectivity index (χ4n) is 1.10. The van der Waals surface area contributed by atoms with Crippen LogP contribution in [0.2, 0.25) is 0 Å². The molecule has 2 N–H and O–H groups in total. The van der Waals surface area contributed by atoms with Crippen LogP contribution in [0.15, 0.2) is 17.0 Å². The van der Waals surface area contributed by atoms with Crippen molar-refractivity contribution in [3.05, 3.63) is 17.7 Å². The molecular weight excluding hydrogens is 186 g/mol. The lowest BCUT2D eigenvalue weighted by Gasteiger charge is -2.10. The number of benzene rings is 1. The second-order valence-electron chi connectivity index (χ2n) is 2.54. The van der Waals surface area contributed by atoms with Crippen molar-refractivity contribution >= 4 is 12.6 Å². The Bertz CT molecular complexity index is 302. The van der Waals surface area contributed by atoms with Crippen LogP contribution in [0.5, 0.6) is 11.5 Å². The van der Waals surface area contributed by atoms with Gasteiger partial charge < -0.3 is 15.2 Å². The van der Waals surface area contributed by atoms with Gasteiger partial charge >= 0.3 is 0 Å². The summed E-state index contributed by atoms with van der Waals surface area (Å²) >= 11 is 4.24. The molecule has 0 aliphatic heterocycles. The molecule has 0 aromatic heterocycles. The van der Waals surface area contributed by atoms with E-state index >= 15 is 0 Å². The Morgan fingerprint density at radius 1 is 1.23 bits per heavy atom. The third kappa shape index (κ3) is 2.08. The van der Waals surface area contributed by atoms with Crippen molar-refractivity contribution in [1.82, 2.24) is 0 Å². The average molecular weight is 199 g/mol. The lowest BCUT2D eigenvalue weighted by molar-refractivity contribution is 0.391. The molecule has 0 heterocycles. The molecule has 0 spiro atoms. The molecule has 0 saturated carbocycles. The highest BCUT2D eigenvalue weighted by molar-refractivity contribution is 7.80. The van der Waals surface area contributed by atoms with Gasteiger partial charge in [-0.2, -0.15) is 0 Å². The molecule has 0 amide bonds. The van der Waals surface area contributed by atoms with Crippen molar-refractivity contribution < 1.29 is 9.47 Å². The van der Waals surface area contributed by atoms with Crippen molar-refractivity contribution in [2.24, 2.45) is 5.73 Å². The van der Waals surface area contributed by atoms with Gasteiger partial charge in [0, 0.05) is 17.0 Å². The van der Waals surface area contributed by atoms with Crippen molar-refractivity contribution in [1.29, 1.82) is 0 Å². The predicted molar refractivity (Wildman–Crippen MR) is 54.7 cm³/mol. The van der Waals surface area contributed by atoms with Crippen LogP contribution < -0.4 is 15.2 Å². The van der Waals surface area contributed by atoms with E-state index in [0.29, 0.717) is 12.3 Å². The van der Waals surface area contributed by atoms with Gasteiger partial charge in [0.25, 0.3) is 0 Å². The summed E-state index contributed by atoms with van der Waals surface area (Å²) in [6.45, 7) is 0.424. The van der Waals surface area contributed by atoms with E-state index < -0.39 is 0 Å². The van der Waals surface area contributed by atoms with Gasteiger partial charge in [-0.3, -0.25) is 0 Å². The molecule has 0 radical (unpaired) electrons. The molecule has 0 saturated heterocycles. The number of rotatable bonds is 3. The van der Waals surface area contributed by atoms with Crippen molar-refractivity contribution in [3.8, 4) is 11.5 Å². The topological polar surface area (TPSA) is 44.5 Å². The first-order valence-corrected chi connectivity index (χ1v) is 4.31. The number of methoxy groups -OCH3 is 2. The maximum atomic E-state index is 5.54. The molecule has 1 aromatic carbocycles. The predicted octanol–water partition coefficient (Wildman–Crippen LogP) is 1.45. The Kier molecular flexibility index (Phi) is 3.45. The van der Waals surface area contributed by atoms with Crippen LogP contribution in [-0.2, 0) is 6.54 Å². The third-order valence-electron chi connectivity index (χ3n) is 1.80. The van der Waals surface area contributed by atoms with Gasteiger partial charge in [-0.05, 0) is 12.1 Å². The van der Waals surface area contributed by atoms with Crippen molar-refractivity contribution in [2.75, 3.05) is 14.2 Å². The Morgan fingerprint density at radius 2 is 1.85 bits per heavy atom. The van der Waals surface area contributed by atoms with Crippen LogP contribution in [0.1, 0.15) is 5.56 Å². The number of nitrogens with two attached hydrogens (primary N) is 1. The Balaban J connectivity index is 3.18. The van der Waals surface area contributed by atoms with E-state index in [1.54, 1.807) is 20.3 Å². The monoisotopic (exact) mass is 199 g/mol. The van der Waals surface area contributed by atoms with Gasteiger partial charge in [-0.15, -0.1) is 12.6 Å². The van der Waals surface area contributed by atoms with E-state index in [-0.39, 0.29) is 0 Å². The zero-order valence-corrected chi connectivity index (χ0v) is 8.60. The summed E-state index contributed by atoms with van der Waals surface area (Å²) in [7, 11) is 3.20. The van der Waals surface area contributed by atoms with Crippen LogP contribution in [0.3, 0.4) is 0 Å². The van der Waals surface area contributed by atoms with Crippen LogP contribution in [0.25, 0.3) is 0 Å². The van der Waals surface area contributed by atoms with Gasteiger partial charge in [0.05, 0.1) is 14.2 Å². The lowest BCUT2D eigenvalue weighted by Crippen LogP contribution is -2.00. The van der Waals surface area contributed by atoms with E-state index in [0.717, 1.165) is 16.2 Å². The van der Waals surface area contributed by atoms with Gasteiger partial charge in [-0.25, -0.2) is 0 Å². The fraction of sp³-hybridized carbons (Fsp3) is 0.333. The fourth-order valence-corrected chi connectivity index (χ4v) is 1.38. The maximum Gasteiger partial charge on any atom is 0.132 e. The minimum atomic E-state index is 0.424. The van der Waals surface area contributed by atoms with Crippen LogP contribution in [0.4, 0.5) is 0 Å². The smallest absolute Gasteiger partial charge is 0.132 e. The molecule has 13 heavy (non-hydrogen) atoms. The summed E-state index contributed by atoms with van der Waals surface area (Å²) in [5, 5.41) is 0. The minimum absolute atomic E-state index is 0.424. The second-order valence-corrected chi connectivity index (χ2v) is 3.02. The van der Waals surface area contributed by atoms with Gasteiger partial charge in [0.2, 0.25) is 0 Å². The van der Waals surface area contributed by atoms with Crippen molar-refractivity contribution in [2.45, 2.75) is 11.4 Å². The van der Waals surface area contributed by atoms with Gasteiger partial charge in [0.15, 0.2) is 0 Å². The second kappa shape index (κ2) is 4.39. The normalized spacial score (nSPS) is 9.85. The molecule has 1 rings (SSSR count). The van der Waals surface area contributed by atoms with Gasteiger partial charge in [0.1, 0.15) is 11.5 Å². The SMILES string of the molecule is COc1cc(CN)c(OC)cc1S. The third-order valence-corrected chi connectivity index (χ3v) is 2.15. The molecule has 72 valence electrons. The molecule has 0 atom stereocenters. The Hall–Kier alpha value is -0.870. The summed E-state index contributed by atoms with van der Waals surface area (Å²) in [5.74, 6) is 1.46. The zero-order chi connectivity index (χ0) is 9.84. The molecular formula is C9H13NO2S. The highest BCUT2D eigenvalue weighted by atomic mass is 32.1. The minimum Gasteiger partial charge on any atom is -0.496 e. The molecule has 0 aliphatic carbocycles. The van der Waals surface area contributed by atoms with Crippen molar-refractivity contribution in [3.63, 3.8) is 0 Å². The summed E-state index contributed by atoms with van der Waals surface area (Å²) in [4.78, 5) is 0.747. The molecule has 0 bridgehead atoms. The quantitative estimate of drug-likeness (QED) is 0.724. The van der Waals surface area contributed by atoms with E-state index in [1.807, 2.05) is 6.07 Å². The largest absolute Gasteiger partial charge is 0.496 e. The maximum absolute atomic E-state index is 5.54. The van der Waals surface area contributed by atoms with Crippen LogP contribution in [-0.4, -0.2) is 14.2 Å². The van der Waals surface area contributed by atoms with E-state index in [4.69, 9.17) is 15.2 Å². The number of thiol groups is 1. The van der Waals surface area contributed by atoms with Gasteiger partial charge in [-0.1, -0.05) is 0 Å². The number of ether oxygens (including phenoxy) is 2. The van der Waals surface area contributed by atoms with E-state index in [1.165, 1.54) is 0 Å². The summed E-state index contributed by atoms with van der Waals surface area (Å²) in [6, 6.07) is 3.63.